The van der Waals surface area contributed by atoms with Gasteiger partial charge in [-0.2, -0.15) is 5.10 Å². The Morgan fingerprint density at radius 1 is 1.32 bits per heavy atom. The number of hydrogen-bond acceptors (Lipinski definition) is 4. The van der Waals surface area contributed by atoms with E-state index in [-0.39, 0.29) is 30.0 Å². The van der Waals surface area contributed by atoms with Crippen LogP contribution in [0.15, 0.2) is 17.4 Å². The van der Waals surface area contributed by atoms with Gasteiger partial charge in [-0.25, -0.2) is 0 Å². The minimum Gasteiger partial charge on any atom is -0.378 e. The Labute approximate surface area is 187 Å². The average Bonchev–Trinajstić information content (AvgIpc) is 3.08. The third-order valence-electron chi connectivity index (χ3n) is 5.02. The molecule has 0 radical (unpaired) electrons. The van der Waals surface area contributed by atoms with Crippen molar-refractivity contribution in [2.75, 3.05) is 40.3 Å². The lowest BCUT2D eigenvalue weighted by atomic mass is 9.98. The van der Waals surface area contributed by atoms with Gasteiger partial charge in [0, 0.05) is 38.5 Å². The molecule has 0 bridgehead atoms. The van der Waals surface area contributed by atoms with E-state index in [1.165, 1.54) is 37.7 Å². The fourth-order valence-electron chi connectivity index (χ4n) is 3.46. The van der Waals surface area contributed by atoms with Crippen LogP contribution in [0, 0.1) is 0 Å². The van der Waals surface area contributed by atoms with Crippen molar-refractivity contribution >= 4 is 29.9 Å². The summed E-state index contributed by atoms with van der Waals surface area (Å²) in [6.07, 6.45) is 12.0. The first-order valence-corrected chi connectivity index (χ1v) is 10.4. The van der Waals surface area contributed by atoms with Gasteiger partial charge >= 0.3 is 0 Å². The van der Waals surface area contributed by atoms with E-state index < -0.39 is 0 Å². The molecular formula is C20H39IN6O. The first kappa shape index (κ1) is 25.2. The topological polar surface area (TPSA) is 66.7 Å². The molecule has 0 saturated heterocycles. The molecule has 162 valence electrons. The van der Waals surface area contributed by atoms with E-state index in [1.807, 2.05) is 17.9 Å². The number of nitrogens with zero attached hydrogens (tertiary/aromatic N) is 4. The van der Waals surface area contributed by atoms with Gasteiger partial charge in [-0.1, -0.05) is 19.3 Å². The van der Waals surface area contributed by atoms with Gasteiger partial charge in [0.2, 0.25) is 0 Å². The van der Waals surface area contributed by atoms with Gasteiger partial charge in [-0.15, -0.1) is 24.0 Å². The summed E-state index contributed by atoms with van der Waals surface area (Å²) >= 11 is 0. The van der Waals surface area contributed by atoms with Crippen molar-refractivity contribution in [3.05, 3.63) is 18.0 Å². The highest BCUT2D eigenvalue weighted by molar-refractivity contribution is 14.0. The molecule has 28 heavy (non-hydrogen) atoms. The lowest BCUT2D eigenvalue weighted by Gasteiger charge is -2.23. The normalized spacial score (nSPS) is 16.7. The molecule has 1 aliphatic carbocycles. The fourth-order valence-corrected chi connectivity index (χ4v) is 3.46. The summed E-state index contributed by atoms with van der Waals surface area (Å²) in [7, 11) is 6.10. The second-order valence-electron chi connectivity index (χ2n) is 7.56. The molecule has 1 aromatic rings. The van der Waals surface area contributed by atoms with Gasteiger partial charge in [0.15, 0.2) is 5.96 Å². The maximum atomic E-state index is 6.00. The molecule has 1 atom stereocenters. The van der Waals surface area contributed by atoms with E-state index >= 15 is 0 Å². The van der Waals surface area contributed by atoms with Crippen LogP contribution in [0.4, 0.5) is 0 Å². The van der Waals surface area contributed by atoms with Crippen LogP contribution >= 0.6 is 24.0 Å². The van der Waals surface area contributed by atoms with Crippen molar-refractivity contribution in [3.8, 4) is 0 Å². The molecule has 8 heteroatoms. The number of guanidine groups is 1. The van der Waals surface area contributed by atoms with Gasteiger partial charge < -0.3 is 20.3 Å². The predicted molar refractivity (Wildman–Crippen MR) is 126 cm³/mol. The monoisotopic (exact) mass is 506 g/mol. The Morgan fingerprint density at radius 2 is 2.07 bits per heavy atom. The number of aromatic nitrogens is 2. The lowest BCUT2D eigenvalue weighted by Crippen LogP contribution is -2.39. The molecule has 1 aromatic heterocycles. The van der Waals surface area contributed by atoms with Gasteiger partial charge in [-0.3, -0.25) is 9.67 Å². The molecule has 1 fully saturated rings. The number of rotatable bonds is 10. The second kappa shape index (κ2) is 14.2. The number of halogens is 1. The maximum absolute atomic E-state index is 6.00. The molecule has 0 aliphatic heterocycles. The smallest absolute Gasteiger partial charge is 0.191 e. The zero-order valence-electron chi connectivity index (χ0n) is 18.0. The number of ether oxygens (including phenoxy) is 1. The Balaban J connectivity index is 0.00000392. The van der Waals surface area contributed by atoms with Crippen LogP contribution in [0.5, 0.6) is 0 Å². The highest BCUT2D eigenvalue weighted by Crippen LogP contribution is 2.20. The summed E-state index contributed by atoms with van der Waals surface area (Å²) in [5.41, 5.74) is 1.18. The van der Waals surface area contributed by atoms with Crippen LogP contribution < -0.4 is 10.6 Å². The van der Waals surface area contributed by atoms with Gasteiger partial charge in [0.1, 0.15) is 0 Å². The lowest BCUT2D eigenvalue weighted by molar-refractivity contribution is 0.0277. The minimum atomic E-state index is 0. The molecule has 1 unspecified atom stereocenters. The highest BCUT2D eigenvalue weighted by Gasteiger charge is 2.16. The molecule has 1 saturated carbocycles. The van der Waals surface area contributed by atoms with Crippen LogP contribution in [0.2, 0.25) is 0 Å². The second-order valence-corrected chi connectivity index (χ2v) is 7.56. The van der Waals surface area contributed by atoms with E-state index in [4.69, 9.17) is 9.73 Å². The van der Waals surface area contributed by atoms with Crippen molar-refractivity contribution in [1.82, 2.24) is 25.3 Å². The van der Waals surface area contributed by atoms with E-state index in [9.17, 15) is 0 Å². The van der Waals surface area contributed by atoms with Gasteiger partial charge in [0.05, 0.1) is 24.9 Å². The number of aliphatic imine (C=N–C) groups is 1. The van der Waals surface area contributed by atoms with Crippen molar-refractivity contribution in [2.45, 2.75) is 57.6 Å². The Bertz CT molecular complexity index is 557. The average molecular weight is 506 g/mol. The summed E-state index contributed by atoms with van der Waals surface area (Å²) in [5.74, 6) is 0.867. The molecule has 1 heterocycles. The van der Waals surface area contributed by atoms with E-state index in [0.717, 1.165) is 32.1 Å². The van der Waals surface area contributed by atoms with Crippen molar-refractivity contribution < 1.29 is 4.74 Å². The van der Waals surface area contributed by atoms with Crippen molar-refractivity contribution in [1.29, 1.82) is 0 Å². The third kappa shape index (κ3) is 9.09. The summed E-state index contributed by atoms with van der Waals surface area (Å²) in [6.45, 7) is 5.33. The number of hydrogen-bond donors (Lipinski definition) is 2. The zero-order chi connectivity index (χ0) is 19.5. The minimum absolute atomic E-state index is 0. The molecule has 1 aliphatic rings. The van der Waals surface area contributed by atoms with Crippen LogP contribution in [-0.4, -0.2) is 67.1 Å². The third-order valence-corrected chi connectivity index (χ3v) is 5.02. The fraction of sp³-hybridized carbons (Fsp3) is 0.800. The highest BCUT2D eigenvalue weighted by atomic mass is 127. The number of nitrogens with one attached hydrogen (secondary N) is 2. The van der Waals surface area contributed by atoms with Crippen LogP contribution in [0.3, 0.4) is 0 Å². The van der Waals surface area contributed by atoms with Gasteiger partial charge in [-0.05, 0) is 40.3 Å². The molecular weight excluding hydrogens is 467 g/mol. The summed E-state index contributed by atoms with van der Waals surface area (Å²) < 4.78 is 7.84. The van der Waals surface area contributed by atoms with Crippen LogP contribution in [0.1, 0.15) is 57.1 Å². The van der Waals surface area contributed by atoms with Crippen molar-refractivity contribution in [2.24, 2.45) is 12.0 Å². The zero-order valence-corrected chi connectivity index (χ0v) is 20.3. The van der Waals surface area contributed by atoms with Gasteiger partial charge in [0.25, 0.3) is 0 Å². The molecule has 2 N–H and O–H groups in total. The molecule has 0 spiro atoms. The van der Waals surface area contributed by atoms with E-state index in [2.05, 4.69) is 47.8 Å². The summed E-state index contributed by atoms with van der Waals surface area (Å²) in [4.78, 5) is 6.97. The number of aryl methyl sites for hydroxylation is 1. The molecule has 2 rings (SSSR count). The van der Waals surface area contributed by atoms with Crippen LogP contribution in [0.25, 0.3) is 0 Å². The van der Waals surface area contributed by atoms with Crippen molar-refractivity contribution in [3.63, 3.8) is 0 Å². The quantitative estimate of drug-likeness (QED) is 0.221. The van der Waals surface area contributed by atoms with Crippen LogP contribution in [-0.2, 0) is 11.8 Å². The Hall–Kier alpha value is -0.870. The Morgan fingerprint density at radius 3 is 2.68 bits per heavy atom. The summed E-state index contributed by atoms with van der Waals surface area (Å²) in [6, 6.07) is 0.212. The molecule has 0 amide bonds. The largest absolute Gasteiger partial charge is 0.378 e. The molecule has 0 aromatic carbocycles. The maximum Gasteiger partial charge on any atom is 0.191 e. The Kier molecular flexibility index (Phi) is 12.7. The van der Waals surface area contributed by atoms with E-state index in [1.54, 1.807) is 0 Å². The first-order valence-electron chi connectivity index (χ1n) is 10.4. The van der Waals surface area contributed by atoms with E-state index in [0.29, 0.717) is 12.6 Å². The molecule has 7 nitrogen and oxygen atoms in total. The predicted octanol–water partition coefficient (Wildman–Crippen LogP) is 2.94. The first-order chi connectivity index (χ1) is 13.1. The standard InChI is InChI=1S/C20H38N6O.HI/c1-5-21-20(22-12-9-13-27-18-10-7-6-8-11-18)23-15-19(25(2)3)17-14-24-26(4)16-17;/h14,16,18-19H,5-13,15H2,1-4H3,(H2,21,22,23);1H. The SMILES string of the molecule is CCNC(=NCC(c1cnn(C)c1)N(C)C)NCCCOC1CCCCC1.I. The number of likely N-dealkylation sites (N-methyl/N-ethyl adjacent to an activating group) is 1. The summed E-state index contributed by atoms with van der Waals surface area (Å²) in [5, 5.41) is 11.0.